The van der Waals surface area contributed by atoms with Crippen molar-refractivity contribution >= 4 is 21.6 Å². The molecule has 0 aliphatic heterocycles. The maximum Gasteiger partial charge on any atom is 0.261 e. The van der Waals surface area contributed by atoms with E-state index in [1.54, 1.807) is 37.1 Å². The number of carbonyl (C=O) groups is 1. The summed E-state index contributed by atoms with van der Waals surface area (Å²) in [5.41, 5.74) is 1.92. The second-order valence-electron chi connectivity index (χ2n) is 7.10. The van der Waals surface area contributed by atoms with Gasteiger partial charge in [-0.3, -0.25) is 9.52 Å². The number of nitrogens with zero attached hydrogens (tertiary/aromatic N) is 1. The lowest BCUT2D eigenvalue weighted by molar-refractivity contribution is 0.0742. The minimum Gasteiger partial charge on any atom is -0.335 e. The highest BCUT2D eigenvalue weighted by Gasteiger charge is 2.20. The zero-order valence-corrected chi connectivity index (χ0v) is 17.8. The normalized spacial score (nSPS) is 12.3. The molecule has 156 valence electrons. The molecule has 0 radical (unpaired) electrons. The number of hydrogen-bond acceptors (Lipinski definition) is 3. The van der Waals surface area contributed by atoms with Crippen LogP contribution < -0.4 is 4.72 Å². The number of sulfonamides is 1. The topological polar surface area (TPSA) is 66.5 Å². The molecule has 0 fully saturated rings. The first-order valence-corrected chi connectivity index (χ1v) is 10.9. The summed E-state index contributed by atoms with van der Waals surface area (Å²) >= 11 is 0. The number of anilines is 1. The van der Waals surface area contributed by atoms with Gasteiger partial charge in [0.15, 0.2) is 0 Å². The highest BCUT2D eigenvalue weighted by Crippen LogP contribution is 2.23. The van der Waals surface area contributed by atoms with Gasteiger partial charge in [-0.2, -0.15) is 0 Å². The van der Waals surface area contributed by atoms with Crippen molar-refractivity contribution in [3.8, 4) is 0 Å². The van der Waals surface area contributed by atoms with Crippen LogP contribution in [0.2, 0.25) is 0 Å². The zero-order valence-electron chi connectivity index (χ0n) is 17.0. The Labute approximate surface area is 176 Å². The molecular formula is C23H23FN2O3S. The Hall–Kier alpha value is -3.19. The minimum atomic E-state index is -3.99. The molecule has 3 aromatic carbocycles. The van der Waals surface area contributed by atoms with Crippen LogP contribution in [0.1, 0.15) is 34.5 Å². The maximum atomic E-state index is 13.8. The average molecular weight is 427 g/mol. The Kier molecular flexibility index (Phi) is 6.22. The number of nitrogens with one attached hydrogen (secondary N) is 1. The lowest BCUT2D eigenvalue weighted by Gasteiger charge is -2.25. The molecule has 0 saturated carbocycles. The third-order valence-electron chi connectivity index (χ3n) is 5.00. The van der Waals surface area contributed by atoms with Gasteiger partial charge < -0.3 is 4.90 Å². The van der Waals surface area contributed by atoms with E-state index in [4.69, 9.17) is 0 Å². The Morgan fingerprint density at radius 3 is 2.37 bits per heavy atom. The fourth-order valence-corrected chi connectivity index (χ4v) is 4.07. The molecule has 0 saturated heterocycles. The van der Waals surface area contributed by atoms with E-state index in [-0.39, 0.29) is 22.5 Å². The van der Waals surface area contributed by atoms with Crippen LogP contribution in [0.25, 0.3) is 0 Å². The lowest BCUT2D eigenvalue weighted by Crippen LogP contribution is -2.29. The van der Waals surface area contributed by atoms with Crippen molar-refractivity contribution in [2.24, 2.45) is 0 Å². The molecule has 1 N–H and O–H groups in total. The van der Waals surface area contributed by atoms with Crippen LogP contribution in [-0.2, 0) is 10.0 Å². The number of hydrogen-bond donors (Lipinski definition) is 1. The molecule has 0 bridgehead atoms. The number of amides is 1. The number of aryl methyl sites for hydroxylation is 1. The summed E-state index contributed by atoms with van der Waals surface area (Å²) in [7, 11) is -2.29. The van der Waals surface area contributed by atoms with Crippen molar-refractivity contribution in [1.82, 2.24) is 4.90 Å². The molecule has 7 heteroatoms. The van der Waals surface area contributed by atoms with Crippen LogP contribution in [0.4, 0.5) is 10.1 Å². The maximum absolute atomic E-state index is 13.8. The van der Waals surface area contributed by atoms with Crippen molar-refractivity contribution in [2.45, 2.75) is 24.8 Å². The standard InChI is InChI=1S/C23H23FN2O3S/c1-16-12-13-21(15-22(16)24)30(28,29)25-20-11-7-10-19(14-20)23(27)26(3)17(2)18-8-5-4-6-9-18/h4-15,17,25H,1-3H3. The first kappa shape index (κ1) is 21.5. The van der Waals surface area contributed by atoms with E-state index in [0.29, 0.717) is 11.1 Å². The largest absolute Gasteiger partial charge is 0.335 e. The molecule has 0 aliphatic rings. The first-order valence-electron chi connectivity index (χ1n) is 9.40. The van der Waals surface area contributed by atoms with E-state index in [9.17, 15) is 17.6 Å². The minimum absolute atomic E-state index is 0.158. The van der Waals surface area contributed by atoms with Gasteiger partial charge in [0.1, 0.15) is 5.82 Å². The van der Waals surface area contributed by atoms with Gasteiger partial charge in [-0.05, 0) is 55.3 Å². The average Bonchev–Trinajstić information content (AvgIpc) is 2.74. The third kappa shape index (κ3) is 4.68. The Morgan fingerprint density at radius 2 is 1.70 bits per heavy atom. The summed E-state index contributed by atoms with van der Waals surface area (Å²) in [5.74, 6) is -0.841. The third-order valence-corrected chi connectivity index (χ3v) is 6.38. The van der Waals surface area contributed by atoms with Gasteiger partial charge in [0, 0.05) is 18.3 Å². The van der Waals surface area contributed by atoms with Crippen LogP contribution >= 0.6 is 0 Å². The van der Waals surface area contributed by atoms with Crippen LogP contribution in [0.3, 0.4) is 0 Å². The molecule has 1 amide bonds. The predicted molar refractivity (Wildman–Crippen MR) is 115 cm³/mol. The lowest BCUT2D eigenvalue weighted by atomic mass is 10.1. The quantitative estimate of drug-likeness (QED) is 0.618. The summed E-state index contributed by atoms with van der Waals surface area (Å²) in [6.07, 6.45) is 0. The van der Waals surface area contributed by atoms with E-state index >= 15 is 0 Å². The summed E-state index contributed by atoms with van der Waals surface area (Å²) < 4.78 is 41.4. The van der Waals surface area contributed by atoms with Gasteiger partial charge in [-0.1, -0.05) is 42.5 Å². The van der Waals surface area contributed by atoms with Gasteiger partial charge in [0.25, 0.3) is 15.9 Å². The SMILES string of the molecule is Cc1ccc(S(=O)(=O)Nc2cccc(C(=O)N(C)C(C)c3ccccc3)c2)cc1F. The molecule has 0 aliphatic carbocycles. The van der Waals surface area contributed by atoms with E-state index < -0.39 is 15.8 Å². The first-order chi connectivity index (χ1) is 14.2. The van der Waals surface area contributed by atoms with Crippen LogP contribution in [0.5, 0.6) is 0 Å². The monoisotopic (exact) mass is 426 g/mol. The predicted octanol–water partition coefficient (Wildman–Crippen LogP) is 4.77. The highest BCUT2D eigenvalue weighted by atomic mass is 32.2. The smallest absolute Gasteiger partial charge is 0.261 e. The van der Waals surface area contributed by atoms with Gasteiger partial charge in [-0.15, -0.1) is 0 Å². The Balaban J connectivity index is 1.81. The van der Waals surface area contributed by atoms with E-state index in [2.05, 4.69) is 4.72 Å². The number of halogens is 1. The fraction of sp³-hybridized carbons (Fsp3) is 0.174. The zero-order chi connectivity index (χ0) is 21.9. The van der Waals surface area contributed by atoms with Gasteiger partial charge in [-0.25, -0.2) is 12.8 Å². The van der Waals surface area contributed by atoms with Crippen LogP contribution in [-0.4, -0.2) is 26.3 Å². The fourth-order valence-electron chi connectivity index (χ4n) is 3.01. The van der Waals surface area contributed by atoms with Crippen molar-refractivity contribution in [2.75, 3.05) is 11.8 Å². The van der Waals surface area contributed by atoms with Crippen molar-refractivity contribution in [3.63, 3.8) is 0 Å². The highest BCUT2D eigenvalue weighted by molar-refractivity contribution is 7.92. The number of rotatable bonds is 6. The summed E-state index contributed by atoms with van der Waals surface area (Å²) in [4.78, 5) is 14.3. The van der Waals surface area contributed by atoms with Gasteiger partial charge >= 0.3 is 0 Å². The van der Waals surface area contributed by atoms with Crippen LogP contribution in [0.15, 0.2) is 77.7 Å². The summed E-state index contributed by atoms with van der Waals surface area (Å²) in [6, 6.07) is 19.4. The molecule has 0 heterocycles. The molecule has 0 aromatic heterocycles. The molecule has 30 heavy (non-hydrogen) atoms. The van der Waals surface area contributed by atoms with Crippen molar-refractivity contribution < 1.29 is 17.6 Å². The Bertz CT molecular complexity index is 1160. The van der Waals surface area contributed by atoms with E-state index in [1.165, 1.54) is 18.2 Å². The molecule has 1 unspecified atom stereocenters. The van der Waals surface area contributed by atoms with Gasteiger partial charge in [0.05, 0.1) is 10.9 Å². The van der Waals surface area contributed by atoms with E-state index in [1.807, 2.05) is 37.3 Å². The molecular weight excluding hydrogens is 403 g/mol. The summed E-state index contributed by atoms with van der Waals surface area (Å²) in [5, 5.41) is 0. The number of carbonyl (C=O) groups excluding carboxylic acids is 1. The second kappa shape index (κ2) is 8.67. The van der Waals surface area contributed by atoms with Crippen molar-refractivity contribution in [1.29, 1.82) is 0 Å². The molecule has 0 spiro atoms. The van der Waals surface area contributed by atoms with Crippen molar-refractivity contribution in [3.05, 3.63) is 95.3 Å². The second-order valence-corrected chi connectivity index (χ2v) is 8.78. The molecule has 1 atom stereocenters. The summed E-state index contributed by atoms with van der Waals surface area (Å²) in [6.45, 7) is 3.48. The molecule has 3 rings (SSSR count). The van der Waals surface area contributed by atoms with Gasteiger partial charge in [0.2, 0.25) is 0 Å². The van der Waals surface area contributed by atoms with Crippen LogP contribution in [0, 0.1) is 12.7 Å². The number of benzene rings is 3. The van der Waals surface area contributed by atoms with E-state index in [0.717, 1.165) is 11.6 Å². The molecule has 5 nitrogen and oxygen atoms in total. The Morgan fingerprint density at radius 1 is 1.00 bits per heavy atom. The molecule has 3 aromatic rings.